The molecule has 0 aliphatic rings. The predicted molar refractivity (Wildman–Crippen MR) is 32.6 cm³/mol. The molecule has 0 heterocycles. The van der Waals surface area contributed by atoms with Crippen LogP contribution in [0.1, 0.15) is 0 Å². The largest absolute Gasteiger partial charge is 0.363 e. The second-order valence-corrected chi connectivity index (χ2v) is 1.98. The van der Waals surface area contributed by atoms with Gasteiger partial charge in [0.2, 0.25) is 0 Å². The van der Waals surface area contributed by atoms with E-state index in [0.29, 0.717) is 0 Å². The maximum absolute atomic E-state index is 9.66. The molecule has 34 valence electrons. The summed E-state index contributed by atoms with van der Waals surface area (Å²) < 4.78 is -0.0247. The number of hydrogen-bond donors (Lipinski definition) is 1. The van der Waals surface area contributed by atoms with Crippen LogP contribution in [0.25, 0.3) is 0 Å². The van der Waals surface area contributed by atoms with Gasteiger partial charge in [0.15, 0.2) is 0 Å². The van der Waals surface area contributed by atoms with E-state index < -0.39 is 0 Å². The molecule has 0 aliphatic heterocycles. The molecule has 0 saturated heterocycles. The molecule has 5 heteroatoms. The summed E-state index contributed by atoms with van der Waals surface area (Å²) in [6.07, 6.45) is 0. The predicted octanol–water partition coefficient (Wildman–Crippen LogP) is 0.442. The topological polar surface area (TPSA) is 20.1 Å². The number of rotatable bonds is 0. The molecule has 0 amide bonds. The lowest BCUT2D eigenvalue weighted by atomic mass is 11.5. The molecular formula is CHNOS3. The van der Waals surface area contributed by atoms with Gasteiger partial charge in [0, 0.05) is 17.1 Å². The van der Waals surface area contributed by atoms with E-state index in [1.165, 1.54) is 0 Å². The van der Waals surface area contributed by atoms with Crippen molar-refractivity contribution in [3.05, 3.63) is 4.91 Å². The van der Waals surface area contributed by atoms with Crippen molar-refractivity contribution in [2.45, 2.75) is 0 Å². The first-order chi connectivity index (χ1) is 2.64. The molecule has 0 fully saturated rings. The minimum atomic E-state index is -0.120. The van der Waals surface area contributed by atoms with E-state index in [1.807, 2.05) is 0 Å². The van der Waals surface area contributed by atoms with Gasteiger partial charge in [0.1, 0.15) is 0 Å². The van der Waals surface area contributed by atoms with Crippen molar-refractivity contribution >= 4 is 42.0 Å². The molecule has 0 unspecified atom stereocenters. The third kappa shape index (κ3) is 2.49. The Morgan fingerprint density at radius 1 is 2.00 bits per heavy atom. The standard InChI is InChI=1S/CHNOS3/c3-2(6)1(4)5/h(H,4,5). The summed E-state index contributed by atoms with van der Waals surface area (Å²) in [7, 11) is 0. The van der Waals surface area contributed by atoms with Gasteiger partial charge < -0.3 is 12.8 Å². The van der Waals surface area contributed by atoms with Gasteiger partial charge in [-0.15, -0.1) is 0 Å². The van der Waals surface area contributed by atoms with Crippen molar-refractivity contribution in [1.29, 1.82) is 0 Å². The zero-order valence-electron chi connectivity index (χ0n) is 2.62. The van der Waals surface area contributed by atoms with Crippen LogP contribution in [0.5, 0.6) is 0 Å². The fourth-order valence-electron chi connectivity index (χ4n) is 0. The quantitative estimate of drug-likeness (QED) is 0.228. The highest BCUT2D eigenvalue weighted by Crippen LogP contribution is 1.80. The van der Waals surface area contributed by atoms with Crippen molar-refractivity contribution in [2.24, 2.45) is 0 Å². The number of thiol groups is 1. The van der Waals surface area contributed by atoms with E-state index in [0.717, 1.165) is 0 Å². The van der Waals surface area contributed by atoms with Crippen LogP contribution >= 0.6 is 24.8 Å². The van der Waals surface area contributed by atoms with E-state index in [4.69, 9.17) is 0 Å². The van der Waals surface area contributed by atoms with E-state index >= 15 is 0 Å². The first-order valence-corrected chi connectivity index (χ1v) is 2.24. The summed E-state index contributed by atoms with van der Waals surface area (Å²) in [5.41, 5.74) is 0. The van der Waals surface area contributed by atoms with Crippen LogP contribution in [0, 0.1) is 4.91 Å². The van der Waals surface area contributed by atoms with E-state index in [-0.39, 0.29) is 8.49 Å². The van der Waals surface area contributed by atoms with E-state index in [1.54, 1.807) is 0 Å². The molecule has 0 bridgehead atoms. The Bertz CT molecular complexity index is 76.8. The Hall–Kier alpha value is 0.260. The Morgan fingerprint density at radius 2 is 2.17 bits per heavy atom. The van der Waals surface area contributed by atoms with Crippen molar-refractivity contribution < 1.29 is 4.17 Å². The van der Waals surface area contributed by atoms with Crippen molar-refractivity contribution in [2.75, 3.05) is 0 Å². The van der Waals surface area contributed by atoms with Crippen LogP contribution in [0.4, 0.5) is 0 Å². The monoisotopic (exact) mass is 139 g/mol. The summed E-state index contributed by atoms with van der Waals surface area (Å²) in [6.45, 7) is 0. The molecular weight excluding hydrogens is 138 g/mol. The Kier molecular flexibility index (Phi) is 2.54. The SMILES string of the molecule is O=[N+]([S-])C(=S)S. The average Bonchev–Trinajstić information content (AvgIpc) is 1.36. The molecule has 0 N–H and O–H groups in total. The highest BCUT2D eigenvalue weighted by atomic mass is 32.1. The first kappa shape index (κ1) is 6.26. The smallest absolute Gasteiger partial charge is 0.335 e. The first-order valence-electron chi connectivity index (χ1n) is 1.02. The minimum absolute atomic E-state index is 0.0957. The van der Waals surface area contributed by atoms with Gasteiger partial charge in [-0.05, 0) is 4.17 Å². The van der Waals surface area contributed by atoms with Crippen LogP contribution in [0.15, 0.2) is 0 Å². The zero-order chi connectivity index (χ0) is 5.15. The normalized spacial score (nSPS) is 7.50. The minimum Gasteiger partial charge on any atom is -0.363 e. The maximum Gasteiger partial charge on any atom is 0.335 e. The summed E-state index contributed by atoms with van der Waals surface area (Å²) in [4.78, 5) is 9.66. The molecule has 6 heavy (non-hydrogen) atoms. The summed E-state index contributed by atoms with van der Waals surface area (Å²) >= 11 is 11.6. The van der Waals surface area contributed by atoms with Crippen LogP contribution in [0.3, 0.4) is 0 Å². The van der Waals surface area contributed by atoms with Crippen molar-refractivity contribution in [3.8, 4) is 0 Å². The fraction of sp³-hybridized carbons (Fsp3) is 0. The molecule has 0 radical (unpaired) electrons. The van der Waals surface area contributed by atoms with Crippen LogP contribution in [-0.4, -0.2) is 8.49 Å². The van der Waals surface area contributed by atoms with E-state index in [9.17, 15) is 4.91 Å². The number of nitroso groups, excluding NO2 is 1. The number of hydrogen-bond acceptors (Lipinski definition) is 3. The Balaban J connectivity index is 3.57. The van der Waals surface area contributed by atoms with Gasteiger partial charge in [0.05, 0.1) is 0 Å². The lowest BCUT2D eigenvalue weighted by Crippen LogP contribution is -1.98. The Morgan fingerprint density at radius 3 is 2.17 bits per heavy atom. The van der Waals surface area contributed by atoms with Crippen LogP contribution < -0.4 is 0 Å². The molecule has 0 aromatic carbocycles. The molecule has 0 spiro atoms. The third-order valence-corrected chi connectivity index (χ3v) is 0.937. The van der Waals surface area contributed by atoms with Gasteiger partial charge in [-0.1, -0.05) is 12.6 Å². The lowest BCUT2D eigenvalue weighted by molar-refractivity contribution is -0.210. The molecule has 0 rings (SSSR count). The van der Waals surface area contributed by atoms with Crippen LogP contribution in [-0.2, 0) is 12.8 Å². The highest BCUT2D eigenvalue weighted by Gasteiger charge is 1.91. The zero-order valence-corrected chi connectivity index (χ0v) is 5.15. The molecule has 0 saturated carbocycles. The molecule has 0 aromatic heterocycles. The van der Waals surface area contributed by atoms with Gasteiger partial charge >= 0.3 is 4.32 Å². The van der Waals surface area contributed by atoms with Gasteiger partial charge in [-0.2, -0.15) is 0 Å². The third-order valence-electron chi connectivity index (χ3n) is 0.156. The second kappa shape index (κ2) is 2.44. The number of nitrogens with zero attached hydrogens (tertiary/aromatic N) is 1. The average molecular weight is 139 g/mol. The highest BCUT2D eigenvalue weighted by molar-refractivity contribution is 8.10. The van der Waals surface area contributed by atoms with Crippen molar-refractivity contribution in [1.82, 2.24) is 0 Å². The summed E-state index contributed by atoms with van der Waals surface area (Å²) in [6, 6.07) is 0. The molecule has 0 aliphatic carbocycles. The molecule has 0 aromatic rings. The molecule has 2 nitrogen and oxygen atoms in total. The summed E-state index contributed by atoms with van der Waals surface area (Å²) in [5, 5.41) is 0. The fourth-order valence-corrected chi connectivity index (χ4v) is 0. The van der Waals surface area contributed by atoms with Gasteiger partial charge in [-0.3, -0.25) is 0 Å². The summed E-state index contributed by atoms with van der Waals surface area (Å²) in [5.74, 6) is 0. The number of thiocarbonyl (C=S) groups is 1. The molecule has 0 atom stereocenters. The van der Waals surface area contributed by atoms with Gasteiger partial charge in [0.25, 0.3) is 0 Å². The van der Waals surface area contributed by atoms with Gasteiger partial charge in [-0.25, -0.2) is 0 Å². The lowest BCUT2D eigenvalue weighted by Gasteiger charge is -1.80. The maximum atomic E-state index is 9.66. The second-order valence-electron chi connectivity index (χ2n) is 0.540. The van der Waals surface area contributed by atoms with Crippen LogP contribution in [0.2, 0.25) is 0 Å². The Labute approximate surface area is 51.4 Å². The van der Waals surface area contributed by atoms with Crippen molar-refractivity contribution in [3.63, 3.8) is 0 Å². The van der Waals surface area contributed by atoms with E-state index in [2.05, 4.69) is 37.7 Å².